The Morgan fingerprint density at radius 1 is 0.947 bits per heavy atom. The molecule has 0 saturated carbocycles. The van der Waals surface area contributed by atoms with E-state index in [0.717, 1.165) is 21.5 Å². The van der Waals surface area contributed by atoms with E-state index in [4.69, 9.17) is 4.74 Å². The van der Waals surface area contributed by atoms with Crippen LogP contribution in [0.2, 0.25) is 0 Å². The van der Waals surface area contributed by atoms with Gasteiger partial charge in [0.05, 0.1) is 18.4 Å². The second kappa shape index (κ2) is 10.5. The molecule has 0 radical (unpaired) electrons. The summed E-state index contributed by atoms with van der Waals surface area (Å²) < 4.78 is 67.6. The van der Waals surface area contributed by atoms with Crippen LogP contribution < -0.4 is 25.9 Å². The zero-order valence-electron chi connectivity index (χ0n) is 20.3. The SMILES string of the molecule is COc1cc(F)c(-c2c(NC(O)c3ccc(OC(F)F)cc3)c(=O)n(-c3cccn(C)c3=O)n2C)c(F)c1. The minimum atomic E-state index is -3.05. The number of rotatable bonds is 8. The van der Waals surface area contributed by atoms with Crippen LogP contribution in [0.3, 0.4) is 0 Å². The fraction of sp³-hybridized carbons (Fsp3) is 0.200. The van der Waals surface area contributed by atoms with Crippen molar-refractivity contribution in [3.63, 3.8) is 0 Å². The number of benzene rings is 2. The summed E-state index contributed by atoms with van der Waals surface area (Å²) in [5, 5.41) is 13.3. The number of anilines is 1. The fourth-order valence-corrected chi connectivity index (χ4v) is 3.98. The number of aromatic nitrogens is 3. The molecule has 38 heavy (non-hydrogen) atoms. The van der Waals surface area contributed by atoms with E-state index in [1.54, 1.807) is 0 Å². The van der Waals surface area contributed by atoms with E-state index in [1.807, 2.05) is 0 Å². The lowest BCUT2D eigenvalue weighted by molar-refractivity contribution is -0.0498. The normalized spacial score (nSPS) is 12.0. The smallest absolute Gasteiger partial charge is 0.387 e. The molecule has 2 aromatic carbocycles. The number of nitrogens with one attached hydrogen (secondary N) is 1. The first-order chi connectivity index (χ1) is 18.0. The predicted octanol–water partition coefficient (Wildman–Crippen LogP) is 3.53. The standard InChI is InChI=1S/C25H22F4N4O5/c1-31-10-4-5-18(23(31)35)33-24(36)20(30-22(34)13-6-8-14(9-7-13)38-25(28)29)21(32(33)2)19-16(26)11-15(37-3)12-17(19)27/h4-12,22,25,30,34H,1-3H3. The van der Waals surface area contributed by atoms with Gasteiger partial charge in [0, 0.05) is 38.0 Å². The van der Waals surface area contributed by atoms with Crippen molar-refractivity contribution in [1.29, 1.82) is 0 Å². The lowest BCUT2D eigenvalue weighted by Gasteiger charge is -2.16. The summed E-state index contributed by atoms with van der Waals surface area (Å²) >= 11 is 0. The number of aliphatic hydroxyl groups is 1. The maximum Gasteiger partial charge on any atom is 0.387 e. The summed E-state index contributed by atoms with van der Waals surface area (Å²) in [6.45, 7) is -3.05. The van der Waals surface area contributed by atoms with E-state index >= 15 is 8.78 Å². The third-order valence-corrected chi connectivity index (χ3v) is 5.79. The Morgan fingerprint density at radius 3 is 2.16 bits per heavy atom. The molecule has 200 valence electrons. The average molecular weight is 534 g/mol. The Bertz CT molecular complexity index is 1570. The number of aryl methyl sites for hydroxylation is 1. The van der Waals surface area contributed by atoms with Crippen LogP contribution in [0.25, 0.3) is 16.9 Å². The lowest BCUT2D eigenvalue weighted by Crippen LogP contribution is -2.30. The van der Waals surface area contributed by atoms with Crippen LogP contribution in [0.15, 0.2) is 64.3 Å². The minimum absolute atomic E-state index is 0.106. The molecule has 2 aromatic heterocycles. The third-order valence-electron chi connectivity index (χ3n) is 5.79. The number of methoxy groups -OCH3 is 1. The van der Waals surface area contributed by atoms with Crippen molar-refractivity contribution in [2.45, 2.75) is 12.8 Å². The number of pyridine rings is 1. The van der Waals surface area contributed by atoms with Crippen molar-refractivity contribution in [2.24, 2.45) is 14.1 Å². The Labute approximate surface area is 212 Å². The second-order valence-corrected chi connectivity index (χ2v) is 8.13. The van der Waals surface area contributed by atoms with Crippen molar-refractivity contribution < 1.29 is 32.1 Å². The molecule has 0 spiro atoms. The highest BCUT2D eigenvalue weighted by atomic mass is 19.3. The molecule has 0 saturated heterocycles. The van der Waals surface area contributed by atoms with Gasteiger partial charge in [-0.1, -0.05) is 12.1 Å². The van der Waals surface area contributed by atoms with Gasteiger partial charge in [-0.2, -0.15) is 8.78 Å². The number of alkyl halides is 2. The van der Waals surface area contributed by atoms with E-state index in [2.05, 4.69) is 10.1 Å². The molecule has 2 N–H and O–H groups in total. The molecule has 0 aliphatic carbocycles. The van der Waals surface area contributed by atoms with Gasteiger partial charge in [-0.05, 0) is 24.3 Å². The first-order valence-electron chi connectivity index (χ1n) is 11.0. The van der Waals surface area contributed by atoms with Crippen LogP contribution in [0.1, 0.15) is 11.8 Å². The van der Waals surface area contributed by atoms with Crippen LogP contribution in [0.5, 0.6) is 11.5 Å². The summed E-state index contributed by atoms with van der Waals surface area (Å²) in [7, 11) is 4.01. The van der Waals surface area contributed by atoms with Crippen LogP contribution in [-0.2, 0) is 14.1 Å². The topological polar surface area (TPSA) is 99.7 Å². The summed E-state index contributed by atoms with van der Waals surface area (Å²) in [6.07, 6.45) is -0.158. The van der Waals surface area contributed by atoms with Gasteiger partial charge in [-0.15, -0.1) is 0 Å². The number of nitrogens with zero attached hydrogens (tertiary/aromatic N) is 3. The van der Waals surface area contributed by atoms with E-state index in [-0.39, 0.29) is 28.4 Å². The number of hydrogen-bond acceptors (Lipinski definition) is 6. The molecule has 13 heteroatoms. The fourth-order valence-electron chi connectivity index (χ4n) is 3.98. The van der Waals surface area contributed by atoms with Gasteiger partial charge < -0.3 is 24.5 Å². The molecule has 0 fully saturated rings. The number of halogens is 4. The summed E-state index contributed by atoms with van der Waals surface area (Å²) in [5.74, 6) is -2.41. The number of hydrogen-bond donors (Lipinski definition) is 2. The Morgan fingerprint density at radius 2 is 1.58 bits per heavy atom. The first-order valence-corrected chi connectivity index (χ1v) is 11.0. The van der Waals surface area contributed by atoms with Crippen molar-refractivity contribution in [1.82, 2.24) is 13.9 Å². The molecule has 0 aliphatic rings. The molecule has 1 atom stereocenters. The molecule has 1 unspecified atom stereocenters. The molecule has 0 amide bonds. The maximum absolute atomic E-state index is 15.2. The van der Waals surface area contributed by atoms with Crippen LogP contribution in [0, 0.1) is 11.6 Å². The van der Waals surface area contributed by atoms with E-state index in [1.165, 1.54) is 68.4 Å². The first kappa shape index (κ1) is 26.5. The van der Waals surface area contributed by atoms with Gasteiger partial charge in [0.25, 0.3) is 11.1 Å². The van der Waals surface area contributed by atoms with Gasteiger partial charge in [0.1, 0.15) is 34.5 Å². The summed E-state index contributed by atoms with van der Waals surface area (Å²) in [5.41, 5.74) is -2.81. The Hall–Kier alpha value is -4.52. The zero-order chi connectivity index (χ0) is 27.7. The molecular weight excluding hydrogens is 512 g/mol. The maximum atomic E-state index is 15.2. The molecule has 2 heterocycles. The van der Waals surface area contributed by atoms with Crippen molar-refractivity contribution in [3.8, 4) is 28.4 Å². The van der Waals surface area contributed by atoms with Gasteiger partial charge >= 0.3 is 6.61 Å². The van der Waals surface area contributed by atoms with Crippen LogP contribution in [-0.4, -0.2) is 32.8 Å². The molecule has 4 aromatic rings. The second-order valence-electron chi connectivity index (χ2n) is 8.13. The van der Waals surface area contributed by atoms with E-state index in [0.29, 0.717) is 0 Å². The summed E-state index contributed by atoms with van der Waals surface area (Å²) in [4.78, 5) is 26.4. The van der Waals surface area contributed by atoms with Gasteiger partial charge in [-0.25, -0.2) is 13.5 Å². The van der Waals surface area contributed by atoms with E-state index < -0.39 is 46.8 Å². The predicted molar refractivity (Wildman–Crippen MR) is 130 cm³/mol. The number of ether oxygens (including phenoxy) is 2. The highest BCUT2D eigenvalue weighted by molar-refractivity contribution is 5.76. The molecule has 0 aliphatic heterocycles. The average Bonchev–Trinajstić information content (AvgIpc) is 3.09. The quantitative estimate of drug-likeness (QED) is 0.265. The largest absolute Gasteiger partial charge is 0.497 e. The number of aliphatic hydroxyl groups excluding tert-OH is 1. The Kier molecular flexibility index (Phi) is 7.30. The van der Waals surface area contributed by atoms with Crippen molar-refractivity contribution in [3.05, 3.63) is 92.6 Å². The van der Waals surface area contributed by atoms with Crippen molar-refractivity contribution in [2.75, 3.05) is 12.4 Å². The summed E-state index contributed by atoms with van der Waals surface area (Å²) in [6, 6.07) is 9.58. The lowest BCUT2D eigenvalue weighted by atomic mass is 10.1. The van der Waals surface area contributed by atoms with Gasteiger partial charge in [-0.3, -0.25) is 14.3 Å². The van der Waals surface area contributed by atoms with Gasteiger partial charge in [0.2, 0.25) is 0 Å². The minimum Gasteiger partial charge on any atom is -0.497 e. The monoisotopic (exact) mass is 534 g/mol. The molecular formula is C25H22F4N4O5. The molecule has 9 nitrogen and oxygen atoms in total. The Balaban J connectivity index is 1.90. The van der Waals surface area contributed by atoms with Crippen molar-refractivity contribution >= 4 is 5.69 Å². The zero-order valence-corrected chi connectivity index (χ0v) is 20.3. The highest BCUT2D eigenvalue weighted by Crippen LogP contribution is 2.35. The molecule has 0 bridgehead atoms. The third kappa shape index (κ3) is 4.87. The highest BCUT2D eigenvalue weighted by Gasteiger charge is 2.28. The molecule has 4 rings (SSSR count). The van der Waals surface area contributed by atoms with Crippen LogP contribution >= 0.6 is 0 Å². The van der Waals surface area contributed by atoms with E-state index in [9.17, 15) is 23.5 Å². The van der Waals surface area contributed by atoms with Gasteiger partial charge in [0.15, 0.2) is 6.23 Å². The van der Waals surface area contributed by atoms with Crippen LogP contribution in [0.4, 0.5) is 23.2 Å².